The van der Waals surface area contributed by atoms with Gasteiger partial charge in [-0.3, -0.25) is 5.10 Å². The van der Waals surface area contributed by atoms with Crippen molar-refractivity contribution in [3.05, 3.63) is 6.20 Å². The minimum Gasteiger partial charge on any atom is -0.396 e. The Bertz CT molecular complexity index is 568. The van der Waals surface area contributed by atoms with Gasteiger partial charge in [-0.1, -0.05) is 0 Å². The fraction of sp³-hybridized carbons (Fsp3) is 0.583. The maximum atomic E-state index is 9.34. The van der Waals surface area contributed by atoms with Crippen LogP contribution in [0.4, 0.5) is 11.8 Å². The first-order chi connectivity index (χ1) is 9.31. The van der Waals surface area contributed by atoms with E-state index < -0.39 is 0 Å². The van der Waals surface area contributed by atoms with Gasteiger partial charge in [0.1, 0.15) is 5.82 Å². The van der Waals surface area contributed by atoms with Gasteiger partial charge in [-0.05, 0) is 18.8 Å². The highest BCUT2D eigenvalue weighted by Gasteiger charge is 2.23. The second-order valence-electron chi connectivity index (χ2n) is 4.89. The number of anilines is 2. The van der Waals surface area contributed by atoms with E-state index in [1.54, 1.807) is 13.2 Å². The molecule has 3 N–H and O–H groups in total. The topological polar surface area (TPSA) is 90.0 Å². The molecule has 1 aliphatic heterocycles. The molecule has 0 saturated carbocycles. The van der Waals surface area contributed by atoms with Crippen LogP contribution in [0.15, 0.2) is 6.20 Å². The zero-order valence-corrected chi connectivity index (χ0v) is 10.9. The van der Waals surface area contributed by atoms with Crippen molar-refractivity contribution in [2.45, 2.75) is 12.8 Å². The van der Waals surface area contributed by atoms with Crippen molar-refractivity contribution in [1.82, 2.24) is 20.2 Å². The van der Waals surface area contributed by atoms with Gasteiger partial charge in [0, 0.05) is 26.7 Å². The first kappa shape index (κ1) is 12.2. The van der Waals surface area contributed by atoms with Crippen LogP contribution in [0.25, 0.3) is 11.0 Å². The third kappa shape index (κ3) is 2.21. The summed E-state index contributed by atoms with van der Waals surface area (Å²) >= 11 is 0. The maximum Gasteiger partial charge on any atom is 0.226 e. The van der Waals surface area contributed by atoms with Crippen LogP contribution in [0, 0.1) is 5.92 Å². The molecule has 7 heteroatoms. The van der Waals surface area contributed by atoms with Gasteiger partial charge in [0.15, 0.2) is 5.65 Å². The van der Waals surface area contributed by atoms with Crippen molar-refractivity contribution in [1.29, 1.82) is 0 Å². The van der Waals surface area contributed by atoms with E-state index in [0.29, 0.717) is 11.9 Å². The third-order valence-corrected chi connectivity index (χ3v) is 3.59. The molecule has 1 unspecified atom stereocenters. The Morgan fingerprint density at radius 2 is 2.42 bits per heavy atom. The normalized spacial score (nSPS) is 19.9. The Morgan fingerprint density at radius 3 is 3.21 bits per heavy atom. The molecule has 102 valence electrons. The van der Waals surface area contributed by atoms with Crippen molar-refractivity contribution >= 4 is 22.8 Å². The van der Waals surface area contributed by atoms with Crippen LogP contribution in [0.1, 0.15) is 12.8 Å². The lowest BCUT2D eigenvalue weighted by molar-refractivity contribution is 0.208. The molecule has 0 bridgehead atoms. The molecule has 2 aromatic heterocycles. The molecular formula is C12H18N6O. The summed E-state index contributed by atoms with van der Waals surface area (Å²) in [6.45, 7) is 2.02. The van der Waals surface area contributed by atoms with E-state index in [1.165, 1.54) is 0 Å². The van der Waals surface area contributed by atoms with Gasteiger partial charge < -0.3 is 15.3 Å². The predicted molar refractivity (Wildman–Crippen MR) is 73.3 cm³/mol. The fourth-order valence-corrected chi connectivity index (χ4v) is 2.58. The summed E-state index contributed by atoms with van der Waals surface area (Å²) in [6.07, 6.45) is 3.90. The van der Waals surface area contributed by atoms with Crippen LogP contribution in [-0.4, -0.2) is 52.0 Å². The number of H-pyrrole nitrogens is 1. The number of nitrogens with zero attached hydrogens (tertiary/aromatic N) is 4. The van der Waals surface area contributed by atoms with Crippen molar-refractivity contribution < 1.29 is 5.11 Å². The van der Waals surface area contributed by atoms with Crippen LogP contribution < -0.4 is 10.2 Å². The molecule has 2 aromatic rings. The van der Waals surface area contributed by atoms with E-state index in [4.69, 9.17) is 0 Å². The first-order valence-electron chi connectivity index (χ1n) is 6.56. The van der Waals surface area contributed by atoms with E-state index in [9.17, 15) is 5.11 Å². The van der Waals surface area contributed by atoms with Crippen LogP contribution in [0.2, 0.25) is 0 Å². The average molecular weight is 262 g/mol. The molecule has 0 aliphatic carbocycles. The van der Waals surface area contributed by atoms with Crippen molar-refractivity contribution in [2.24, 2.45) is 5.92 Å². The smallest absolute Gasteiger partial charge is 0.226 e. The number of piperidine rings is 1. The molecule has 1 aliphatic rings. The minimum atomic E-state index is 0.231. The van der Waals surface area contributed by atoms with Crippen LogP contribution in [-0.2, 0) is 0 Å². The molecular weight excluding hydrogens is 244 g/mol. The van der Waals surface area contributed by atoms with Crippen LogP contribution in [0.3, 0.4) is 0 Å². The lowest BCUT2D eigenvalue weighted by atomic mass is 9.99. The molecule has 1 atom stereocenters. The zero-order chi connectivity index (χ0) is 13.2. The largest absolute Gasteiger partial charge is 0.396 e. The number of fused-ring (bicyclic) bond motifs is 1. The predicted octanol–water partition coefficient (Wildman–Crippen LogP) is 0.603. The monoisotopic (exact) mass is 262 g/mol. The number of aliphatic hydroxyl groups is 1. The first-order valence-corrected chi connectivity index (χ1v) is 6.56. The molecule has 3 rings (SSSR count). The van der Waals surface area contributed by atoms with Gasteiger partial charge in [0.05, 0.1) is 11.6 Å². The average Bonchev–Trinajstić information content (AvgIpc) is 2.94. The standard InChI is InChI=1S/C12H18N6O/c1-13-12-15-10-9(5-14-17-10)11(16-12)18-4-2-3-8(6-18)7-19/h5,8,19H,2-4,6-7H2,1H3,(H2,13,14,15,16,17). The summed E-state index contributed by atoms with van der Waals surface area (Å²) in [5.41, 5.74) is 0.737. The molecule has 0 spiro atoms. The van der Waals surface area contributed by atoms with Crippen LogP contribution >= 0.6 is 0 Å². The number of aliphatic hydroxyl groups excluding tert-OH is 1. The summed E-state index contributed by atoms with van der Waals surface area (Å²) in [7, 11) is 1.80. The number of hydrogen-bond acceptors (Lipinski definition) is 6. The molecule has 3 heterocycles. The van der Waals surface area contributed by atoms with Crippen molar-refractivity contribution in [3.8, 4) is 0 Å². The van der Waals surface area contributed by atoms with Gasteiger partial charge >= 0.3 is 0 Å². The zero-order valence-electron chi connectivity index (χ0n) is 10.9. The number of rotatable bonds is 3. The summed E-state index contributed by atoms with van der Waals surface area (Å²) in [4.78, 5) is 11.1. The van der Waals surface area contributed by atoms with Gasteiger partial charge in [-0.15, -0.1) is 0 Å². The molecule has 0 aromatic carbocycles. The maximum absolute atomic E-state index is 9.34. The fourth-order valence-electron chi connectivity index (χ4n) is 2.58. The number of aromatic amines is 1. The second kappa shape index (κ2) is 5.00. The highest BCUT2D eigenvalue weighted by Crippen LogP contribution is 2.27. The second-order valence-corrected chi connectivity index (χ2v) is 4.89. The van der Waals surface area contributed by atoms with Crippen molar-refractivity contribution in [3.63, 3.8) is 0 Å². The molecule has 19 heavy (non-hydrogen) atoms. The molecule has 1 fully saturated rings. The summed E-state index contributed by atoms with van der Waals surface area (Å²) in [5.74, 6) is 1.79. The summed E-state index contributed by atoms with van der Waals surface area (Å²) < 4.78 is 0. The Morgan fingerprint density at radius 1 is 1.53 bits per heavy atom. The van der Waals surface area contributed by atoms with E-state index in [-0.39, 0.29) is 6.61 Å². The SMILES string of the molecule is CNc1nc(N2CCCC(CO)C2)c2cn[nH]c2n1. The Labute approximate surface area is 111 Å². The van der Waals surface area contributed by atoms with Gasteiger partial charge in [0.2, 0.25) is 5.95 Å². The third-order valence-electron chi connectivity index (χ3n) is 3.59. The minimum absolute atomic E-state index is 0.231. The molecule has 7 nitrogen and oxygen atoms in total. The lowest BCUT2D eigenvalue weighted by Crippen LogP contribution is -2.37. The summed E-state index contributed by atoms with van der Waals surface area (Å²) in [6, 6.07) is 0. The Kier molecular flexibility index (Phi) is 3.20. The Balaban J connectivity index is 2.00. The van der Waals surface area contributed by atoms with Gasteiger partial charge in [0.25, 0.3) is 0 Å². The quantitative estimate of drug-likeness (QED) is 0.750. The van der Waals surface area contributed by atoms with E-state index in [0.717, 1.165) is 42.8 Å². The van der Waals surface area contributed by atoms with Gasteiger partial charge in [-0.25, -0.2) is 0 Å². The highest BCUT2D eigenvalue weighted by atomic mass is 16.3. The summed E-state index contributed by atoms with van der Waals surface area (Å²) in [5, 5.41) is 20.2. The number of hydrogen-bond donors (Lipinski definition) is 3. The molecule has 1 saturated heterocycles. The van der Waals surface area contributed by atoms with E-state index in [2.05, 4.69) is 30.4 Å². The van der Waals surface area contributed by atoms with Gasteiger partial charge in [-0.2, -0.15) is 15.1 Å². The van der Waals surface area contributed by atoms with Crippen LogP contribution in [0.5, 0.6) is 0 Å². The Hall–Kier alpha value is -1.89. The lowest BCUT2D eigenvalue weighted by Gasteiger charge is -2.33. The number of nitrogens with one attached hydrogen (secondary N) is 2. The van der Waals surface area contributed by atoms with E-state index >= 15 is 0 Å². The van der Waals surface area contributed by atoms with Crippen molar-refractivity contribution in [2.75, 3.05) is 37.0 Å². The molecule has 0 amide bonds. The number of aromatic nitrogens is 4. The molecule has 0 radical (unpaired) electrons. The van der Waals surface area contributed by atoms with E-state index in [1.807, 2.05) is 0 Å². The highest BCUT2D eigenvalue weighted by molar-refractivity contribution is 5.87.